The molecule has 0 bridgehead atoms. The smallest absolute Gasteiger partial charge is 0.251 e. The molecule has 2 N–H and O–H groups in total. The highest BCUT2D eigenvalue weighted by molar-refractivity contribution is 5.94. The first-order valence-electron chi connectivity index (χ1n) is 8.27. The number of carbonyl (C=O) groups is 1. The Morgan fingerprint density at radius 2 is 1.88 bits per heavy atom. The standard InChI is InChI=1S/C19H19N5O2/c1-12(2)17(24-19(26)13-5-8-20-9-6-13)15-10-16(25)23-18(22-15)14-4-3-7-21-11-14/h3-12,17H,1-2H3,(H,24,26)(H,22,23,25)/t17-/m1/s1. The second-order valence-electron chi connectivity index (χ2n) is 6.19. The third-order valence-electron chi connectivity index (χ3n) is 3.91. The van der Waals surface area contributed by atoms with Gasteiger partial charge in [-0.3, -0.25) is 19.6 Å². The van der Waals surface area contributed by atoms with Gasteiger partial charge in [0.25, 0.3) is 11.5 Å². The van der Waals surface area contributed by atoms with E-state index in [0.717, 1.165) is 0 Å². The van der Waals surface area contributed by atoms with E-state index in [9.17, 15) is 9.59 Å². The first-order valence-corrected chi connectivity index (χ1v) is 8.27. The Morgan fingerprint density at radius 3 is 2.54 bits per heavy atom. The molecule has 0 aliphatic heterocycles. The van der Waals surface area contributed by atoms with E-state index in [1.165, 1.54) is 6.07 Å². The predicted octanol–water partition coefficient (Wildman–Crippen LogP) is 2.35. The van der Waals surface area contributed by atoms with Crippen molar-refractivity contribution in [2.24, 2.45) is 5.92 Å². The van der Waals surface area contributed by atoms with Crippen molar-refractivity contribution in [2.45, 2.75) is 19.9 Å². The van der Waals surface area contributed by atoms with Crippen LogP contribution >= 0.6 is 0 Å². The van der Waals surface area contributed by atoms with Crippen molar-refractivity contribution in [3.05, 3.63) is 76.7 Å². The van der Waals surface area contributed by atoms with Crippen LogP contribution in [0, 0.1) is 5.92 Å². The van der Waals surface area contributed by atoms with Crippen LogP contribution < -0.4 is 10.9 Å². The number of aromatic amines is 1. The fourth-order valence-electron chi connectivity index (χ4n) is 2.59. The molecule has 1 atom stereocenters. The van der Waals surface area contributed by atoms with E-state index >= 15 is 0 Å². The topological polar surface area (TPSA) is 101 Å². The number of pyridine rings is 2. The molecule has 0 saturated carbocycles. The Labute approximate surface area is 150 Å². The zero-order valence-electron chi connectivity index (χ0n) is 14.5. The molecular weight excluding hydrogens is 330 g/mol. The van der Waals surface area contributed by atoms with Gasteiger partial charge in [0, 0.05) is 42.0 Å². The van der Waals surface area contributed by atoms with Gasteiger partial charge < -0.3 is 10.3 Å². The number of nitrogens with zero attached hydrogens (tertiary/aromatic N) is 3. The average Bonchev–Trinajstić information content (AvgIpc) is 2.66. The molecule has 3 heterocycles. The fraction of sp³-hybridized carbons (Fsp3) is 0.211. The van der Waals surface area contributed by atoms with Gasteiger partial charge in [-0.25, -0.2) is 4.98 Å². The molecular formula is C19H19N5O2. The van der Waals surface area contributed by atoms with Gasteiger partial charge in [-0.15, -0.1) is 0 Å². The summed E-state index contributed by atoms with van der Waals surface area (Å²) in [7, 11) is 0. The summed E-state index contributed by atoms with van der Waals surface area (Å²) < 4.78 is 0. The number of carbonyl (C=O) groups excluding carboxylic acids is 1. The van der Waals surface area contributed by atoms with Crippen LogP contribution in [0.3, 0.4) is 0 Å². The highest BCUT2D eigenvalue weighted by Crippen LogP contribution is 2.21. The predicted molar refractivity (Wildman–Crippen MR) is 97.4 cm³/mol. The van der Waals surface area contributed by atoms with E-state index in [2.05, 4.69) is 25.3 Å². The Morgan fingerprint density at radius 1 is 1.12 bits per heavy atom. The molecule has 3 rings (SSSR count). The highest BCUT2D eigenvalue weighted by atomic mass is 16.1. The average molecular weight is 349 g/mol. The van der Waals surface area contributed by atoms with Crippen LogP contribution in [0.1, 0.15) is 35.9 Å². The summed E-state index contributed by atoms with van der Waals surface area (Å²) in [5.74, 6) is 0.220. The summed E-state index contributed by atoms with van der Waals surface area (Å²) in [4.78, 5) is 39.9. The summed E-state index contributed by atoms with van der Waals surface area (Å²) in [5.41, 5.74) is 1.43. The molecule has 132 valence electrons. The summed E-state index contributed by atoms with van der Waals surface area (Å²) >= 11 is 0. The van der Waals surface area contributed by atoms with Crippen LogP contribution in [0.5, 0.6) is 0 Å². The van der Waals surface area contributed by atoms with E-state index < -0.39 is 6.04 Å². The lowest BCUT2D eigenvalue weighted by atomic mass is 10.00. The minimum atomic E-state index is -0.409. The second-order valence-corrected chi connectivity index (χ2v) is 6.19. The van der Waals surface area contributed by atoms with Gasteiger partial charge in [-0.1, -0.05) is 13.8 Å². The molecule has 1 amide bonds. The molecule has 3 aromatic rings. The van der Waals surface area contributed by atoms with Crippen molar-refractivity contribution in [1.29, 1.82) is 0 Å². The van der Waals surface area contributed by atoms with Gasteiger partial charge in [0.2, 0.25) is 0 Å². The quantitative estimate of drug-likeness (QED) is 0.736. The van der Waals surface area contributed by atoms with Crippen molar-refractivity contribution in [3.8, 4) is 11.4 Å². The number of nitrogens with one attached hydrogen (secondary N) is 2. The maximum absolute atomic E-state index is 12.5. The molecule has 26 heavy (non-hydrogen) atoms. The summed E-state index contributed by atoms with van der Waals surface area (Å²) in [6, 6.07) is 7.87. The first kappa shape index (κ1) is 17.5. The molecule has 0 saturated heterocycles. The van der Waals surface area contributed by atoms with Gasteiger partial charge in [0.05, 0.1) is 11.7 Å². The van der Waals surface area contributed by atoms with E-state index in [0.29, 0.717) is 22.6 Å². The maximum Gasteiger partial charge on any atom is 0.251 e. The van der Waals surface area contributed by atoms with Gasteiger partial charge in [0.15, 0.2) is 0 Å². The Bertz CT molecular complexity index is 939. The second kappa shape index (κ2) is 7.69. The number of hydrogen-bond acceptors (Lipinski definition) is 5. The molecule has 0 radical (unpaired) electrons. The van der Waals surface area contributed by atoms with Gasteiger partial charge in [0.1, 0.15) is 5.82 Å². The van der Waals surface area contributed by atoms with Crippen LogP contribution in [0.25, 0.3) is 11.4 Å². The van der Waals surface area contributed by atoms with Crippen LogP contribution in [0.2, 0.25) is 0 Å². The molecule has 7 nitrogen and oxygen atoms in total. The number of amides is 1. The van der Waals surface area contributed by atoms with Crippen LogP contribution in [0.4, 0.5) is 0 Å². The number of rotatable bonds is 5. The molecule has 0 unspecified atom stereocenters. The van der Waals surface area contributed by atoms with E-state index in [1.807, 2.05) is 19.9 Å². The monoisotopic (exact) mass is 349 g/mol. The normalized spacial score (nSPS) is 12.0. The van der Waals surface area contributed by atoms with Crippen LogP contribution in [-0.2, 0) is 0 Å². The maximum atomic E-state index is 12.5. The summed E-state index contributed by atoms with van der Waals surface area (Å²) in [5, 5.41) is 2.96. The van der Waals surface area contributed by atoms with Crippen LogP contribution in [0.15, 0.2) is 59.9 Å². The summed E-state index contributed by atoms with van der Waals surface area (Å²) in [6.07, 6.45) is 6.40. The molecule has 0 aromatic carbocycles. The zero-order valence-corrected chi connectivity index (χ0v) is 14.5. The molecule has 3 aromatic heterocycles. The number of aromatic nitrogens is 4. The van der Waals surface area contributed by atoms with Crippen molar-refractivity contribution in [2.75, 3.05) is 0 Å². The minimum absolute atomic E-state index is 0.0387. The SMILES string of the molecule is CC(C)[C@@H](NC(=O)c1ccncc1)c1cc(=O)[nH]c(-c2cccnc2)n1. The Kier molecular flexibility index (Phi) is 5.17. The van der Waals surface area contributed by atoms with Gasteiger partial charge >= 0.3 is 0 Å². The van der Waals surface area contributed by atoms with Gasteiger partial charge in [-0.2, -0.15) is 0 Å². The van der Waals surface area contributed by atoms with E-state index in [4.69, 9.17) is 0 Å². The summed E-state index contributed by atoms with van der Waals surface area (Å²) in [6.45, 7) is 3.92. The molecule has 7 heteroatoms. The first-order chi connectivity index (χ1) is 12.5. The minimum Gasteiger partial charge on any atom is -0.343 e. The van der Waals surface area contributed by atoms with E-state index in [1.54, 1.807) is 43.0 Å². The van der Waals surface area contributed by atoms with Crippen molar-refractivity contribution in [1.82, 2.24) is 25.3 Å². The zero-order chi connectivity index (χ0) is 18.5. The third-order valence-corrected chi connectivity index (χ3v) is 3.91. The fourth-order valence-corrected chi connectivity index (χ4v) is 2.59. The lowest BCUT2D eigenvalue weighted by Gasteiger charge is -2.22. The van der Waals surface area contributed by atoms with E-state index in [-0.39, 0.29) is 17.4 Å². The molecule has 0 fully saturated rings. The van der Waals surface area contributed by atoms with Crippen molar-refractivity contribution >= 4 is 5.91 Å². The third kappa shape index (κ3) is 4.00. The lowest BCUT2D eigenvalue weighted by Crippen LogP contribution is -2.33. The molecule has 0 spiro atoms. The number of H-pyrrole nitrogens is 1. The largest absolute Gasteiger partial charge is 0.343 e. The molecule has 0 aliphatic rings. The molecule has 0 aliphatic carbocycles. The van der Waals surface area contributed by atoms with Crippen LogP contribution in [-0.4, -0.2) is 25.8 Å². The highest BCUT2D eigenvalue weighted by Gasteiger charge is 2.22. The van der Waals surface area contributed by atoms with Crippen molar-refractivity contribution < 1.29 is 4.79 Å². The number of hydrogen-bond donors (Lipinski definition) is 2. The van der Waals surface area contributed by atoms with Crippen molar-refractivity contribution in [3.63, 3.8) is 0 Å². The lowest BCUT2D eigenvalue weighted by molar-refractivity contribution is 0.0924. The Hall–Kier alpha value is -3.35. The Balaban J connectivity index is 1.95. The van der Waals surface area contributed by atoms with Gasteiger partial charge in [-0.05, 0) is 30.2 Å².